The summed E-state index contributed by atoms with van der Waals surface area (Å²) < 4.78 is 0. The molecular weight excluding hydrogens is 220 g/mol. The molecule has 1 aromatic carbocycles. The normalized spacial score (nSPS) is 12.8. The van der Waals surface area contributed by atoms with Crippen LogP contribution in [0, 0.1) is 0 Å². The molecule has 0 fully saturated rings. The first-order valence-corrected chi connectivity index (χ1v) is 6.16. The van der Waals surface area contributed by atoms with Crippen molar-refractivity contribution in [2.75, 3.05) is 5.32 Å². The molecule has 0 radical (unpaired) electrons. The lowest BCUT2D eigenvalue weighted by atomic mass is 9.87. The third kappa shape index (κ3) is 4.21. The average Bonchev–Trinajstić information content (AvgIpc) is 2.29. The molecule has 0 aromatic heterocycles. The fourth-order valence-electron chi connectivity index (χ4n) is 1.57. The maximum atomic E-state index is 4.16. The van der Waals surface area contributed by atoms with Crippen LogP contribution >= 0.6 is 0 Å². The lowest BCUT2D eigenvalue weighted by molar-refractivity contribution is 0.590. The lowest BCUT2D eigenvalue weighted by Crippen LogP contribution is -2.12. The van der Waals surface area contributed by atoms with Crippen LogP contribution in [-0.2, 0) is 5.41 Å². The van der Waals surface area contributed by atoms with Gasteiger partial charge in [-0.3, -0.25) is 0 Å². The van der Waals surface area contributed by atoms with Gasteiger partial charge in [-0.15, -0.1) is 0 Å². The standard InChI is InChI=1S/C16H22N2/c1-6-8-15(17-7-2)18-14-11-9-13(10-12-14)16(3,4)5/h6-12H,2H2,1,3-5H3,(H,17,18)/b8-6-. The zero-order valence-corrected chi connectivity index (χ0v) is 11.7. The fraction of sp³-hybridized carbons (Fsp3) is 0.312. The Kier molecular flexibility index (Phi) is 4.90. The lowest BCUT2D eigenvalue weighted by Gasteiger charge is -2.19. The van der Waals surface area contributed by atoms with E-state index < -0.39 is 0 Å². The van der Waals surface area contributed by atoms with E-state index in [-0.39, 0.29) is 5.41 Å². The van der Waals surface area contributed by atoms with Crippen molar-refractivity contribution in [2.24, 2.45) is 4.99 Å². The topological polar surface area (TPSA) is 24.4 Å². The van der Waals surface area contributed by atoms with Crippen LogP contribution in [0.15, 0.2) is 54.2 Å². The quantitative estimate of drug-likeness (QED) is 0.612. The summed E-state index contributed by atoms with van der Waals surface area (Å²) in [6.07, 6.45) is 5.39. The van der Waals surface area contributed by atoms with E-state index in [0.717, 1.165) is 11.5 Å². The minimum absolute atomic E-state index is 0.180. The maximum absolute atomic E-state index is 4.16. The number of rotatable bonds is 3. The molecule has 0 amide bonds. The van der Waals surface area contributed by atoms with Crippen molar-refractivity contribution >= 4 is 11.5 Å². The van der Waals surface area contributed by atoms with E-state index >= 15 is 0 Å². The molecule has 0 saturated heterocycles. The third-order valence-electron chi connectivity index (χ3n) is 2.58. The Morgan fingerprint density at radius 1 is 1.22 bits per heavy atom. The Morgan fingerprint density at radius 3 is 2.28 bits per heavy atom. The van der Waals surface area contributed by atoms with E-state index in [2.05, 4.69) is 61.9 Å². The minimum atomic E-state index is 0.180. The van der Waals surface area contributed by atoms with Crippen LogP contribution in [0.5, 0.6) is 0 Å². The average molecular weight is 242 g/mol. The Balaban J connectivity index is 2.86. The smallest absolute Gasteiger partial charge is 0.129 e. The van der Waals surface area contributed by atoms with Gasteiger partial charge in [0.05, 0.1) is 0 Å². The second kappa shape index (κ2) is 6.20. The molecule has 96 valence electrons. The summed E-state index contributed by atoms with van der Waals surface area (Å²) in [5, 5.41) is 3.25. The molecule has 2 nitrogen and oxygen atoms in total. The highest BCUT2D eigenvalue weighted by atomic mass is 15.0. The van der Waals surface area contributed by atoms with Gasteiger partial charge in [0, 0.05) is 11.9 Å². The van der Waals surface area contributed by atoms with Crippen molar-refractivity contribution in [3.05, 3.63) is 54.8 Å². The van der Waals surface area contributed by atoms with Gasteiger partial charge in [-0.2, -0.15) is 0 Å². The highest BCUT2D eigenvalue weighted by molar-refractivity contribution is 6.04. The van der Waals surface area contributed by atoms with E-state index in [9.17, 15) is 0 Å². The molecule has 18 heavy (non-hydrogen) atoms. The fourth-order valence-corrected chi connectivity index (χ4v) is 1.57. The van der Waals surface area contributed by atoms with Gasteiger partial charge in [0.2, 0.25) is 0 Å². The summed E-state index contributed by atoms with van der Waals surface area (Å²) >= 11 is 0. The molecule has 1 aromatic rings. The Labute approximate surface area is 110 Å². The largest absolute Gasteiger partial charge is 0.340 e. The Hall–Kier alpha value is -1.83. The molecule has 0 spiro atoms. The molecule has 0 aliphatic rings. The highest BCUT2D eigenvalue weighted by Gasteiger charge is 2.12. The molecule has 1 rings (SSSR count). The van der Waals surface area contributed by atoms with Crippen LogP contribution in [0.1, 0.15) is 33.3 Å². The number of nitrogens with zero attached hydrogens (tertiary/aromatic N) is 1. The predicted molar refractivity (Wildman–Crippen MR) is 81.2 cm³/mol. The molecule has 1 N–H and O–H groups in total. The van der Waals surface area contributed by atoms with Gasteiger partial charge in [-0.05, 0) is 36.1 Å². The SMILES string of the molecule is C=CN=C(/C=C\C)Nc1ccc(C(C)(C)C)cc1. The Bertz CT molecular complexity index is 445. The zero-order valence-electron chi connectivity index (χ0n) is 11.7. The van der Waals surface area contributed by atoms with Crippen molar-refractivity contribution in [1.29, 1.82) is 0 Å². The van der Waals surface area contributed by atoms with Gasteiger partial charge in [0.15, 0.2) is 0 Å². The molecule has 2 heteroatoms. The number of hydrogen-bond donors (Lipinski definition) is 1. The summed E-state index contributed by atoms with van der Waals surface area (Å²) in [7, 11) is 0. The molecule has 0 atom stereocenters. The van der Waals surface area contributed by atoms with Gasteiger partial charge >= 0.3 is 0 Å². The minimum Gasteiger partial charge on any atom is -0.340 e. The Morgan fingerprint density at radius 2 is 1.83 bits per heavy atom. The number of allylic oxidation sites excluding steroid dienone is 1. The van der Waals surface area contributed by atoms with Gasteiger partial charge in [-0.1, -0.05) is 45.6 Å². The molecule has 0 aliphatic heterocycles. The highest BCUT2D eigenvalue weighted by Crippen LogP contribution is 2.23. The summed E-state index contributed by atoms with van der Waals surface area (Å²) in [6.45, 7) is 12.2. The monoisotopic (exact) mass is 242 g/mol. The summed E-state index contributed by atoms with van der Waals surface area (Å²) in [5.74, 6) is 0.788. The second-order valence-electron chi connectivity index (χ2n) is 5.15. The van der Waals surface area contributed by atoms with Crippen LogP contribution in [-0.4, -0.2) is 5.84 Å². The summed E-state index contributed by atoms with van der Waals surface area (Å²) in [6, 6.07) is 8.43. The van der Waals surface area contributed by atoms with Crippen molar-refractivity contribution in [3.63, 3.8) is 0 Å². The molecule has 0 saturated carbocycles. The van der Waals surface area contributed by atoms with Crippen LogP contribution in [0.3, 0.4) is 0 Å². The molecular formula is C16H22N2. The maximum Gasteiger partial charge on any atom is 0.129 e. The first-order valence-electron chi connectivity index (χ1n) is 6.16. The number of nitrogens with one attached hydrogen (secondary N) is 1. The van der Waals surface area contributed by atoms with Gasteiger partial charge in [0.1, 0.15) is 5.84 Å². The van der Waals surface area contributed by atoms with Crippen LogP contribution in [0.25, 0.3) is 0 Å². The number of aliphatic imine (C=N–C) groups is 1. The first kappa shape index (κ1) is 14.2. The van der Waals surface area contributed by atoms with Crippen LogP contribution in [0.4, 0.5) is 5.69 Å². The molecule has 0 aliphatic carbocycles. The summed E-state index contributed by atoms with van der Waals surface area (Å²) in [4.78, 5) is 4.16. The van der Waals surface area contributed by atoms with Crippen molar-refractivity contribution in [3.8, 4) is 0 Å². The zero-order chi connectivity index (χ0) is 13.6. The van der Waals surface area contributed by atoms with Crippen LogP contribution < -0.4 is 5.32 Å². The van der Waals surface area contributed by atoms with Gasteiger partial charge in [0.25, 0.3) is 0 Å². The predicted octanol–water partition coefficient (Wildman–Crippen LogP) is 4.51. The second-order valence-corrected chi connectivity index (χ2v) is 5.15. The van der Waals surface area contributed by atoms with E-state index in [1.807, 2.05) is 19.1 Å². The van der Waals surface area contributed by atoms with E-state index in [1.54, 1.807) is 0 Å². The van der Waals surface area contributed by atoms with Crippen molar-refractivity contribution < 1.29 is 0 Å². The molecule has 0 bridgehead atoms. The number of hydrogen-bond acceptors (Lipinski definition) is 1. The van der Waals surface area contributed by atoms with Gasteiger partial charge < -0.3 is 5.32 Å². The first-order chi connectivity index (χ1) is 8.47. The van der Waals surface area contributed by atoms with Crippen molar-refractivity contribution in [2.45, 2.75) is 33.1 Å². The third-order valence-corrected chi connectivity index (χ3v) is 2.58. The van der Waals surface area contributed by atoms with E-state index in [4.69, 9.17) is 0 Å². The van der Waals surface area contributed by atoms with Crippen molar-refractivity contribution in [1.82, 2.24) is 0 Å². The van der Waals surface area contributed by atoms with E-state index in [0.29, 0.717) is 0 Å². The number of benzene rings is 1. The van der Waals surface area contributed by atoms with Gasteiger partial charge in [-0.25, -0.2) is 4.99 Å². The summed E-state index contributed by atoms with van der Waals surface area (Å²) in [5.41, 5.74) is 2.53. The molecule has 0 heterocycles. The van der Waals surface area contributed by atoms with Crippen LogP contribution in [0.2, 0.25) is 0 Å². The molecule has 0 unspecified atom stereocenters. The number of amidine groups is 1. The number of anilines is 1. The van der Waals surface area contributed by atoms with E-state index in [1.165, 1.54) is 11.8 Å².